The van der Waals surface area contributed by atoms with Gasteiger partial charge in [-0.25, -0.2) is 4.40 Å². The second kappa shape index (κ2) is 8.97. The van der Waals surface area contributed by atoms with Crippen LogP contribution in [0.15, 0.2) is 34.7 Å². The second-order valence-electron chi connectivity index (χ2n) is 8.19. The fourth-order valence-corrected chi connectivity index (χ4v) is 6.76. The Morgan fingerprint density at radius 3 is 2.35 bits per heavy atom. The van der Waals surface area contributed by atoms with Gasteiger partial charge in [0.25, 0.3) is 5.91 Å². The molecule has 0 aliphatic carbocycles. The van der Waals surface area contributed by atoms with E-state index >= 15 is 0 Å². The van der Waals surface area contributed by atoms with Crippen LogP contribution in [0, 0.1) is 6.92 Å². The molecule has 0 aromatic heterocycles. The van der Waals surface area contributed by atoms with Gasteiger partial charge in [0.05, 0.1) is 20.8 Å². The molecule has 0 bridgehead atoms. The van der Waals surface area contributed by atoms with Crippen molar-refractivity contribution in [2.24, 2.45) is 4.40 Å². The van der Waals surface area contributed by atoms with Gasteiger partial charge in [-0.3, -0.25) is 4.79 Å². The number of amides is 1. The molecule has 2 aromatic rings. The van der Waals surface area contributed by atoms with Crippen LogP contribution < -0.4 is 5.32 Å². The number of nitrogens with one attached hydrogen (secondary N) is 1. The lowest BCUT2D eigenvalue weighted by Crippen LogP contribution is -2.55. The average Bonchev–Trinajstić information content (AvgIpc) is 3.17. The van der Waals surface area contributed by atoms with Crippen LogP contribution in [0.3, 0.4) is 0 Å². The number of carbonyl (C=O) groups is 1. The van der Waals surface area contributed by atoms with Gasteiger partial charge in [0.2, 0.25) is 10.2 Å². The normalized spacial score (nSPS) is 26.7. The van der Waals surface area contributed by atoms with Crippen molar-refractivity contribution in [2.45, 2.75) is 30.3 Å². The molecule has 4 rings (SSSR count). The van der Waals surface area contributed by atoms with E-state index in [-0.39, 0.29) is 43.9 Å². The molecule has 13 heteroatoms. The molecule has 2 aromatic carbocycles. The second-order valence-corrected chi connectivity index (χ2v) is 12.7. The van der Waals surface area contributed by atoms with E-state index < -0.39 is 33.5 Å². The summed E-state index contributed by atoms with van der Waals surface area (Å²) in [5, 5.41) is 2.49. The minimum absolute atomic E-state index is 0.00214. The van der Waals surface area contributed by atoms with E-state index in [1.807, 2.05) is 0 Å². The minimum atomic E-state index is -4.67. The molecule has 2 aliphatic heterocycles. The third kappa shape index (κ3) is 4.73. The third-order valence-electron chi connectivity index (χ3n) is 5.70. The van der Waals surface area contributed by atoms with Crippen LogP contribution in [0.1, 0.15) is 33.5 Å². The summed E-state index contributed by atoms with van der Waals surface area (Å²) >= 11 is 18.3. The molecule has 0 spiro atoms. The minimum Gasteiger partial charge on any atom is -0.340 e. The zero-order valence-electron chi connectivity index (χ0n) is 17.4. The maximum absolute atomic E-state index is 14.3. The Labute approximate surface area is 213 Å². The van der Waals surface area contributed by atoms with Crippen molar-refractivity contribution in [1.29, 1.82) is 0 Å². The maximum Gasteiger partial charge on any atom is 0.409 e. The summed E-state index contributed by atoms with van der Waals surface area (Å²) < 4.78 is 65.4. The fraction of sp³-hybridized carbons (Fsp3) is 0.333. The number of rotatable bonds is 4. The molecule has 1 fully saturated rings. The number of nitrogens with zero attached hydrogens (tertiary/aromatic N) is 1. The molecule has 182 valence electrons. The van der Waals surface area contributed by atoms with E-state index in [4.69, 9.17) is 34.8 Å². The monoisotopic (exact) mass is 571 g/mol. The molecular weight excluding hydrogens is 556 g/mol. The van der Waals surface area contributed by atoms with Crippen molar-refractivity contribution in [2.75, 3.05) is 11.5 Å². The quantitative estimate of drug-likeness (QED) is 0.255. The predicted molar refractivity (Wildman–Crippen MR) is 131 cm³/mol. The number of alkyl halides is 3. The first-order valence-corrected chi connectivity index (χ1v) is 13.6. The summed E-state index contributed by atoms with van der Waals surface area (Å²) in [5.74, 6) is -0.411. The number of halogens is 6. The highest BCUT2D eigenvalue weighted by Crippen LogP contribution is 2.57. The number of aryl methyl sites for hydroxylation is 1. The standard InChI is InChI=1S/C21H16Cl3F3N2O3S2/c1-10-4-11(2-3-14(10)19(30)28-13-8-34(31,32)9-13)17-7-20(33-29-17,21(25,26)27)12-5-15(22)18(24)16(23)6-12/h2-6,13H,7-9H2,1H3,(H-,28,30,31,32)/p+1. The first kappa shape index (κ1) is 25.8. The Hall–Kier alpha value is -1.30. The Kier molecular flexibility index (Phi) is 6.81. The molecule has 2 aliphatic rings. The lowest BCUT2D eigenvalue weighted by Gasteiger charge is -2.30. The van der Waals surface area contributed by atoms with Gasteiger partial charge in [0.15, 0.2) is 16.3 Å². The number of benzene rings is 2. The lowest BCUT2D eigenvalue weighted by atomic mass is 9.89. The van der Waals surface area contributed by atoms with Crippen LogP contribution >= 0.6 is 46.8 Å². The molecule has 1 atom stereocenters. The summed E-state index contributed by atoms with van der Waals surface area (Å²) in [5.41, 5.74) is 1.36. The van der Waals surface area contributed by atoms with E-state index in [1.165, 1.54) is 12.1 Å². The highest BCUT2D eigenvalue weighted by Gasteiger charge is 2.60. The molecule has 34 heavy (non-hydrogen) atoms. The van der Waals surface area contributed by atoms with Crippen molar-refractivity contribution in [3.05, 3.63) is 67.7 Å². The molecule has 2 heterocycles. The molecular formula is C21H17Cl3F3N2O3S2+. The maximum atomic E-state index is 14.3. The Morgan fingerprint density at radius 2 is 1.82 bits per heavy atom. The molecule has 1 saturated heterocycles. The summed E-state index contributed by atoms with van der Waals surface area (Å²) in [6, 6.07) is 6.55. The summed E-state index contributed by atoms with van der Waals surface area (Å²) in [6.45, 7) is 1.66. The topological polar surface area (TPSA) is 78.8 Å². The fourth-order valence-electron chi connectivity index (χ4n) is 3.87. The van der Waals surface area contributed by atoms with Gasteiger partial charge in [0.1, 0.15) is 6.04 Å². The Bertz CT molecular complexity index is 1240. The Morgan fingerprint density at radius 1 is 1.21 bits per heavy atom. The number of carbonyl (C=O) groups excluding carboxylic acids is 1. The van der Waals surface area contributed by atoms with Crippen molar-refractivity contribution >= 4 is 68.6 Å². The van der Waals surface area contributed by atoms with Crippen LogP contribution in [0.4, 0.5) is 13.2 Å². The van der Waals surface area contributed by atoms with Gasteiger partial charge in [-0.15, -0.1) is 0 Å². The summed E-state index contributed by atoms with van der Waals surface area (Å²) in [4.78, 5) is 12.5. The highest BCUT2D eigenvalue weighted by molar-refractivity contribution is 7.99. The molecule has 1 amide bonds. The summed E-state index contributed by atoms with van der Waals surface area (Å²) in [7, 11) is -2.84. The SMILES string of the molecule is Cc1cc(C2=NSC(c3cc(Cl)c(Cl)c(Cl)c3)(C(F)(F)F)C2)ccc1C(=O)NC1C[S+](=O)(O)C1. The van der Waals surface area contributed by atoms with E-state index in [2.05, 4.69) is 9.71 Å². The zero-order chi connectivity index (χ0) is 25.1. The average molecular weight is 573 g/mol. The molecule has 0 saturated carbocycles. The van der Waals surface area contributed by atoms with Crippen LogP contribution in [0.25, 0.3) is 0 Å². The third-order valence-corrected chi connectivity index (χ3v) is 9.98. The van der Waals surface area contributed by atoms with Gasteiger partial charge in [-0.2, -0.15) is 17.7 Å². The lowest BCUT2D eigenvalue weighted by molar-refractivity contribution is -0.159. The van der Waals surface area contributed by atoms with E-state index in [0.717, 1.165) is 12.1 Å². The van der Waals surface area contributed by atoms with Crippen LogP contribution in [0.2, 0.25) is 15.1 Å². The van der Waals surface area contributed by atoms with Crippen molar-refractivity contribution in [3.8, 4) is 0 Å². The highest BCUT2D eigenvalue weighted by atomic mass is 35.5. The first-order valence-electron chi connectivity index (χ1n) is 9.83. The number of hydrogen-bond donors (Lipinski definition) is 2. The first-order chi connectivity index (χ1) is 15.7. The number of hydrogen-bond acceptors (Lipinski definition) is 4. The molecule has 5 nitrogen and oxygen atoms in total. The summed E-state index contributed by atoms with van der Waals surface area (Å²) in [6.07, 6.45) is -5.14. The predicted octanol–water partition coefficient (Wildman–Crippen LogP) is 6.34. The zero-order valence-corrected chi connectivity index (χ0v) is 21.3. The molecule has 2 N–H and O–H groups in total. The van der Waals surface area contributed by atoms with Crippen LogP contribution in [0.5, 0.6) is 0 Å². The largest absolute Gasteiger partial charge is 0.409 e. The van der Waals surface area contributed by atoms with Crippen LogP contribution in [-0.4, -0.2) is 39.9 Å². The van der Waals surface area contributed by atoms with Gasteiger partial charge in [-0.05, 0) is 59.8 Å². The van der Waals surface area contributed by atoms with Crippen molar-refractivity contribution in [1.82, 2.24) is 5.32 Å². The van der Waals surface area contributed by atoms with Crippen molar-refractivity contribution < 1.29 is 26.7 Å². The van der Waals surface area contributed by atoms with E-state index in [9.17, 15) is 26.7 Å². The van der Waals surface area contributed by atoms with E-state index in [0.29, 0.717) is 28.6 Å². The van der Waals surface area contributed by atoms with Gasteiger partial charge in [0, 0.05) is 12.0 Å². The van der Waals surface area contributed by atoms with Gasteiger partial charge in [-0.1, -0.05) is 45.1 Å². The van der Waals surface area contributed by atoms with Crippen molar-refractivity contribution in [3.63, 3.8) is 0 Å². The van der Waals surface area contributed by atoms with Gasteiger partial charge >= 0.3 is 6.18 Å². The Balaban J connectivity index is 1.58. The smallest absolute Gasteiger partial charge is 0.340 e. The van der Waals surface area contributed by atoms with E-state index in [1.54, 1.807) is 13.0 Å². The van der Waals surface area contributed by atoms with Gasteiger partial charge < -0.3 is 5.32 Å². The molecule has 1 unspecified atom stereocenters. The van der Waals surface area contributed by atoms with Crippen LogP contribution in [-0.2, 0) is 19.2 Å². The molecule has 0 radical (unpaired) electrons.